The van der Waals surface area contributed by atoms with E-state index < -0.39 is 22.3 Å². The number of benzene rings is 2. The van der Waals surface area contributed by atoms with Gasteiger partial charge in [0, 0.05) is 12.0 Å². The number of nitrogen functional groups attached to an aromatic ring is 1. The molecular formula is C17H16FN3O3. The summed E-state index contributed by atoms with van der Waals surface area (Å²) < 4.78 is 13.5. The molecule has 0 aromatic heterocycles. The van der Waals surface area contributed by atoms with E-state index in [4.69, 9.17) is 5.73 Å². The van der Waals surface area contributed by atoms with Crippen LogP contribution < -0.4 is 11.1 Å². The van der Waals surface area contributed by atoms with E-state index in [1.165, 1.54) is 0 Å². The number of hydrogen-bond acceptors (Lipinski definition) is 4. The van der Waals surface area contributed by atoms with Crippen molar-refractivity contribution in [3.05, 3.63) is 69.5 Å². The van der Waals surface area contributed by atoms with Crippen LogP contribution in [0, 0.1) is 15.9 Å². The van der Waals surface area contributed by atoms with Crippen LogP contribution in [0.1, 0.15) is 28.8 Å². The lowest BCUT2D eigenvalue weighted by Crippen LogP contribution is -2.32. The molecule has 1 fully saturated rings. The Kier molecular flexibility index (Phi) is 3.92. The van der Waals surface area contributed by atoms with Crippen LogP contribution in [0.5, 0.6) is 0 Å². The van der Waals surface area contributed by atoms with Crippen LogP contribution in [0.4, 0.5) is 15.8 Å². The first-order valence-corrected chi connectivity index (χ1v) is 7.50. The third-order valence-electron chi connectivity index (χ3n) is 4.39. The molecule has 0 radical (unpaired) electrons. The molecule has 6 nitrogen and oxygen atoms in total. The van der Waals surface area contributed by atoms with E-state index in [-0.39, 0.29) is 16.7 Å². The van der Waals surface area contributed by atoms with E-state index in [2.05, 4.69) is 5.32 Å². The highest BCUT2D eigenvalue weighted by atomic mass is 19.1. The maximum Gasteiger partial charge on any atom is 0.295 e. The van der Waals surface area contributed by atoms with Crippen LogP contribution >= 0.6 is 0 Å². The summed E-state index contributed by atoms with van der Waals surface area (Å²) in [5.41, 5.74) is 5.50. The number of anilines is 1. The van der Waals surface area contributed by atoms with Gasteiger partial charge in [0.25, 0.3) is 11.6 Å². The second kappa shape index (κ2) is 5.92. The first kappa shape index (κ1) is 15.9. The Morgan fingerprint density at radius 3 is 2.54 bits per heavy atom. The molecule has 2 aromatic carbocycles. The zero-order chi connectivity index (χ0) is 17.3. The maximum atomic E-state index is 13.5. The lowest BCUT2D eigenvalue weighted by molar-refractivity contribution is -0.384. The zero-order valence-electron chi connectivity index (χ0n) is 12.8. The number of nitrogens with two attached hydrogens (primary N) is 1. The summed E-state index contributed by atoms with van der Waals surface area (Å²) in [5.74, 6) is -1.48. The number of carbonyl (C=O) groups is 1. The van der Waals surface area contributed by atoms with Gasteiger partial charge in [0.1, 0.15) is 11.5 Å². The fourth-order valence-corrected chi connectivity index (χ4v) is 2.80. The molecule has 24 heavy (non-hydrogen) atoms. The van der Waals surface area contributed by atoms with E-state index in [1.54, 1.807) is 0 Å². The molecule has 1 aliphatic carbocycles. The molecule has 3 N–H and O–H groups in total. The van der Waals surface area contributed by atoms with Gasteiger partial charge in [-0.05, 0) is 24.5 Å². The Bertz CT molecular complexity index is 804. The SMILES string of the molecule is Nc1c(C(=O)NCC2(c3ccccc3)CC2)cc(F)cc1[N+](=O)[O-]. The Labute approximate surface area is 137 Å². The van der Waals surface area contributed by atoms with Gasteiger partial charge in [0.2, 0.25) is 0 Å². The van der Waals surface area contributed by atoms with Gasteiger partial charge in [0.15, 0.2) is 0 Å². The van der Waals surface area contributed by atoms with E-state index in [0.717, 1.165) is 24.5 Å². The summed E-state index contributed by atoms with van der Waals surface area (Å²) in [5, 5.41) is 13.6. The molecule has 0 aliphatic heterocycles. The predicted molar refractivity (Wildman–Crippen MR) is 87.2 cm³/mol. The topological polar surface area (TPSA) is 98.3 Å². The van der Waals surface area contributed by atoms with E-state index >= 15 is 0 Å². The Balaban J connectivity index is 1.78. The van der Waals surface area contributed by atoms with Crippen molar-refractivity contribution in [3.63, 3.8) is 0 Å². The van der Waals surface area contributed by atoms with Gasteiger partial charge in [0.05, 0.1) is 16.6 Å². The van der Waals surface area contributed by atoms with Crippen molar-refractivity contribution in [1.29, 1.82) is 0 Å². The van der Waals surface area contributed by atoms with E-state index in [0.29, 0.717) is 12.6 Å². The standard InChI is InChI=1S/C17H16FN3O3/c18-12-8-13(15(19)14(9-12)21(23)24)16(22)20-10-17(6-7-17)11-4-2-1-3-5-11/h1-5,8-9H,6-7,10,19H2,(H,20,22). The fraction of sp³-hybridized carbons (Fsp3) is 0.235. The second-order valence-corrected chi connectivity index (χ2v) is 5.97. The van der Waals surface area contributed by atoms with Gasteiger partial charge in [-0.1, -0.05) is 30.3 Å². The van der Waals surface area contributed by atoms with Crippen LogP contribution in [-0.4, -0.2) is 17.4 Å². The molecule has 7 heteroatoms. The van der Waals surface area contributed by atoms with Gasteiger partial charge in [-0.2, -0.15) is 0 Å². The molecule has 0 saturated heterocycles. The number of carbonyl (C=O) groups excluding carboxylic acids is 1. The molecule has 1 saturated carbocycles. The van der Waals surface area contributed by atoms with Gasteiger partial charge < -0.3 is 11.1 Å². The van der Waals surface area contributed by atoms with Gasteiger partial charge in [-0.25, -0.2) is 4.39 Å². The molecular weight excluding hydrogens is 313 g/mol. The summed E-state index contributed by atoms with van der Waals surface area (Å²) in [6.07, 6.45) is 1.88. The summed E-state index contributed by atoms with van der Waals surface area (Å²) in [4.78, 5) is 22.4. The summed E-state index contributed by atoms with van der Waals surface area (Å²) in [6.45, 7) is 0.375. The molecule has 0 atom stereocenters. The maximum absolute atomic E-state index is 13.5. The highest BCUT2D eigenvalue weighted by Crippen LogP contribution is 2.47. The van der Waals surface area contributed by atoms with Crippen molar-refractivity contribution in [2.75, 3.05) is 12.3 Å². The number of hydrogen-bond donors (Lipinski definition) is 2. The van der Waals surface area contributed by atoms with E-state index in [1.807, 2.05) is 30.3 Å². The first-order valence-electron chi connectivity index (χ1n) is 7.50. The van der Waals surface area contributed by atoms with E-state index in [9.17, 15) is 19.3 Å². The molecule has 124 valence electrons. The summed E-state index contributed by atoms with van der Waals surface area (Å²) >= 11 is 0. The van der Waals surface area contributed by atoms with Crippen molar-refractivity contribution < 1.29 is 14.1 Å². The normalized spacial score (nSPS) is 14.9. The quantitative estimate of drug-likeness (QED) is 0.500. The van der Waals surface area contributed by atoms with Gasteiger partial charge >= 0.3 is 0 Å². The number of nitro groups is 1. The van der Waals surface area contributed by atoms with Crippen LogP contribution in [0.25, 0.3) is 0 Å². The summed E-state index contributed by atoms with van der Waals surface area (Å²) in [7, 11) is 0. The number of nitro benzene ring substituents is 1. The number of halogens is 1. The average Bonchev–Trinajstić information content (AvgIpc) is 3.36. The highest BCUT2D eigenvalue weighted by Gasteiger charge is 2.44. The Morgan fingerprint density at radius 2 is 1.96 bits per heavy atom. The monoisotopic (exact) mass is 329 g/mol. The Hall–Kier alpha value is -2.96. The third kappa shape index (κ3) is 2.92. The van der Waals surface area contributed by atoms with Crippen LogP contribution in [0.2, 0.25) is 0 Å². The molecule has 3 rings (SSSR count). The molecule has 0 unspecified atom stereocenters. The second-order valence-electron chi connectivity index (χ2n) is 5.97. The highest BCUT2D eigenvalue weighted by molar-refractivity contribution is 6.01. The molecule has 1 aliphatic rings. The molecule has 0 bridgehead atoms. The van der Waals surface area contributed by atoms with Crippen molar-refractivity contribution in [2.45, 2.75) is 18.3 Å². The third-order valence-corrected chi connectivity index (χ3v) is 4.39. The van der Waals surface area contributed by atoms with Crippen molar-refractivity contribution in [3.8, 4) is 0 Å². The smallest absolute Gasteiger partial charge is 0.295 e. The van der Waals surface area contributed by atoms with Crippen molar-refractivity contribution in [1.82, 2.24) is 5.32 Å². The number of amides is 1. The molecule has 1 amide bonds. The average molecular weight is 329 g/mol. The lowest BCUT2D eigenvalue weighted by atomic mass is 9.96. The van der Waals surface area contributed by atoms with Gasteiger partial charge in [-0.3, -0.25) is 14.9 Å². The van der Waals surface area contributed by atoms with Crippen LogP contribution in [0.15, 0.2) is 42.5 Å². The molecule has 2 aromatic rings. The largest absolute Gasteiger partial charge is 0.393 e. The van der Waals surface area contributed by atoms with Crippen LogP contribution in [0.3, 0.4) is 0 Å². The molecule has 0 spiro atoms. The number of rotatable bonds is 5. The van der Waals surface area contributed by atoms with Crippen LogP contribution in [-0.2, 0) is 5.41 Å². The fourth-order valence-electron chi connectivity index (χ4n) is 2.80. The number of nitrogens with zero attached hydrogens (tertiary/aromatic N) is 1. The first-order chi connectivity index (χ1) is 11.4. The minimum Gasteiger partial charge on any atom is -0.393 e. The van der Waals surface area contributed by atoms with Gasteiger partial charge in [-0.15, -0.1) is 0 Å². The van der Waals surface area contributed by atoms with Crippen molar-refractivity contribution >= 4 is 17.3 Å². The molecule has 0 heterocycles. The Morgan fingerprint density at radius 1 is 1.29 bits per heavy atom. The predicted octanol–water partition coefficient (Wildman–Crippen LogP) is 2.78. The van der Waals surface area contributed by atoms with Crippen molar-refractivity contribution in [2.24, 2.45) is 0 Å². The minimum absolute atomic E-state index is 0.120. The lowest BCUT2D eigenvalue weighted by Gasteiger charge is -2.17. The zero-order valence-corrected chi connectivity index (χ0v) is 12.8. The number of nitrogens with one attached hydrogen (secondary N) is 1. The minimum atomic E-state index is -0.870. The summed E-state index contributed by atoms with van der Waals surface area (Å²) in [6, 6.07) is 11.4.